The van der Waals surface area contributed by atoms with Gasteiger partial charge in [0.05, 0.1) is 17.6 Å². The third kappa shape index (κ3) is 3.09. The van der Waals surface area contributed by atoms with E-state index in [0.717, 1.165) is 23.4 Å². The number of oxazole rings is 1. The third-order valence-electron chi connectivity index (χ3n) is 5.44. The molecule has 3 aromatic rings. The van der Waals surface area contributed by atoms with Gasteiger partial charge in [0.1, 0.15) is 10.5 Å². The van der Waals surface area contributed by atoms with Gasteiger partial charge < -0.3 is 19.7 Å². The van der Waals surface area contributed by atoms with Crippen molar-refractivity contribution < 1.29 is 19.1 Å². The molecule has 9 nitrogen and oxygen atoms in total. The molecule has 2 N–H and O–H groups in total. The highest BCUT2D eigenvalue weighted by molar-refractivity contribution is 7.13. The van der Waals surface area contributed by atoms with Crippen molar-refractivity contribution in [2.24, 2.45) is 0 Å². The normalized spacial score (nSPS) is 21.0. The van der Waals surface area contributed by atoms with Crippen LogP contribution in [0.2, 0.25) is 0 Å². The van der Waals surface area contributed by atoms with Crippen LogP contribution in [-0.4, -0.2) is 57.1 Å². The van der Waals surface area contributed by atoms with Crippen LogP contribution in [-0.2, 0) is 4.79 Å². The number of piperazine rings is 1. The molecule has 2 atom stereocenters. The van der Waals surface area contributed by atoms with E-state index < -0.39 is 6.09 Å². The number of benzene rings is 1. The second-order valence-electron chi connectivity index (χ2n) is 7.37. The van der Waals surface area contributed by atoms with E-state index in [9.17, 15) is 14.7 Å². The maximum absolute atomic E-state index is 11.5. The second-order valence-corrected chi connectivity index (χ2v) is 8.26. The SMILES string of the molecule is CC(=O)Nc1cc(-c2nccs2)c2oc(N3CC4CCC(C3)N4C(=O)O)nc2c1. The molecular weight excluding hydrogens is 394 g/mol. The van der Waals surface area contributed by atoms with E-state index in [-0.39, 0.29) is 18.0 Å². The second kappa shape index (κ2) is 6.73. The number of thiazole rings is 1. The average Bonchev–Trinajstić information content (AvgIpc) is 3.38. The van der Waals surface area contributed by atoms with Crippen LogP contribution in [0.15, 0.2) is 28.1 Å². The van der Waals surface area contributed by atoms with Crippen molar-refractivity contribution in [3.8, 4) is 10.6 Å². The minimum Gasteiger partial charge on any atom is -0.465 e. The van der Waals surface area contributed by atoms with Gasteiger partial charge in [0.15, 0.2) is 5.58 Å². The maximum Gasteiger partial charge on any atom is 0.407 e. The van der Waals surface area contributed by atoms with Gasteiger partial charge in [-0.05, 0) is 25.0 Å². The van der Waals surface area contributed by atoms with Crippen LogP contribution in [0.4, 0.5) is 16.5 Å². The summed E-state index contributed by atoms with van der Waals surface area (Å²) >= 11 is 1.48. The first-order valence-electron chi connectivity index (χ1n) is 9.38. The lowest BCUT2D eigenvalue weighted by Gasteiger charge is -2.38. The summed E-state index contributed by atoms with van der Waals surface area (Å²) < 4.78 is 6.15. The Morgan fingerprint density at radius 3 is 2.66 bits per heavy atom. The number of amides is 2. The van der Waals surface area contributed by atoms with Crippen LogP contribution in [0.1, 0.15) is 19.8 Å². The zero-order chi connectivity index (χ0) is 20.1. The van der Waals surface area contributed by atoms with E-state index in [0.29, 0.717) is 35.9 Å². The molecule has 29 heavy (non-hydrogen) atoms. The molecule has 0 saturated carbocycles. The summed E-state index contributed by atoms with van der Waals surface area (Å²) in [5.41, 5.74) is 2.64. The Labute approximate surface area is 170 Å². The van der Waals surface area contributed by atoms with Crippen molar-refractivity contribution in [2.45, 2.75) is 31.8 Å². The molecule has 1 aromatic carbocycles. The summed E-state index contributed by atoms with van der Waals surface area (Å²) in [5, 5.41) is 14.9. The van der Waals surface area contributed by atoms with Crippen molar-refractivity contribution in [3.05, 3.63) is 23.7 Å². The van der Waals surface area contributed by atoms with Crippen LogP contribution < -0.4 is 10.2 Å². The fraction of sp³-hybridized carbons (Fsp3) is 0.368. The molecule has 5 rings (SSSR count). The molecule has 2 amide bonds. The molecule has 150 valence electrons. The van der Waals surface area contributed by atoms with E-state index in [1.165, 1.54) is 18.3 Å². The average molecular weight is 413 g/mol. The van der Waals surface area contributed by atoms with Crippen LogP contribution in [0, 0.1) is 0 Å². The maximum atomic E-state index is 11.5. The number of hydrogen-bond acceptors (Lipinski definition) is 7. The van der Waals surface area contributed by atoms with Gasteiger partial charge in [0.25, 0.3) is 6.01 Å². The van der Waals surface area contributed by atoms with Crippen LogP contribution >= 0.6 is 11.3 Å². The molecule has 4 heterocycles. The zero-order valence-corrected chi connectivity index (χ0v) is 16.5. The Bertz CT molecular complexity index is 1080. The summed E-state index contributed by atoms with van der Waals surface area (Å²) in [5.74, 6) is -0.167. The monoisotopic (exact) mass is 413 g/mol. The highest BCUT2D eigenvalue weighted by atomic mass is 32.1. The number of fused-ring (bicyclic) bond motifs is 3. The Kier molecular flexibility index (Phi) is 4.16. The van der Waals surface area contributed by atoms with Gasteiger partial charge in [0.2, 0.25) is 5.91 Å². The minimum absolute atomic E-state index is 0.0466. The van der Waals surface area contributed by atoms with Crippen molar-refractivity contribution >= 4 is 46.1 Å². The number of nitrogens with one attached hydrogen (secondary N) is 1. The number of hydrogen-bond donors (Lipinski definition) is 2. The molecule has 2 unspecified atom stereocenters. The molecule has 0 spiro atoms. The molecule has 2 aromatic heterocycles. The Hall–Kier alpha value is -3.14. The molecule has 2 bridgehead atoms. The summed E-state index contributed by atoms with van der Waals surface area (Å²) in [6.07, 6.45) is 2.56. The van der Waals surface area contributed by atoms with Crippen LogP contribution in [0.3, 0.4) is 0 Å². The van der Waals surface area contributed by atoms with E-state index in [4.69, 9.17) is 4.42 Å². The van der Waals surface area contributed by atoms with Gasteiger partial charge in [-0.1, -0.05) is 0 Å². The van der Waals surface area contributed by atoms with E-state index >= 15 is 0 Å². The van der Waals surface area contributed by atoms with E-state index in [1.807, 2.05) is 16.3 Å². The molecule has 2 aliphatic heterocycles. The van der Waals surface area contributed by atoms with Gasteiger partial charge in [-0.15, -0.1) is 11.3 Å². The summed E-state index contributed by atoms with van der Waals surface area (Å²) in [4.78, 5) is 35.7. The highest BCUT2D eigenvalue weighted by Gasteiger charge is 2.43. The molecule has 10 heteroatoms. The number of nitrogens with zero attached hydrogens (tertiary/aromatic N) is 4. The summed E-state index contributed by atoms with van der Waals surface area (Å²) in [6, 6.07) is 4.00. The molecular formula is C19H19N5O4S. The number of anilines is 2. The zero-order valence-electron chi connectivity index (χ0n) is 15.7. The van der Waals surface area contributed by atoms with Crippen LogP contribution in [0.5, 0.6) is 0 Å². The molecule has 2 saturated heterocycles. The van der Waals surface area contributed by atoms with Gasteiger partial charge in [0, 0.05) is 37.3 Å². The number of rotatable bonds is 3. The van der Waals surface area contributed by atoms with Gasteiger partial charge >= 0.3 is 6.09 Å². The summed E-state index contributed by atoms with van der Waals surface area (Å²) in [6.45, 7) is 2.57. The fourth-order valence-corrected chi connectivity index (χ4v) is 4.97. The quantitative estimate of drug-likeness (QED) is 0.678. The van der Waals surface area contributed by atoms with Crippen molar-refractivity contribution in [3.63, 3.8) is 0 Å². The molecule has 0 aliphatic carbocycles. The van der Waals surface area contributed by atoms with Crippen molar-refractivity contribution in [1.29, 1.82) is 0 Å². The fourth-order valence-electron chi connectivity index (χ4n) is 4.32. The first-order chi connectivity index (χ1) is 14.0. The van der Waals surface area contributed by atoms with E-state index in [1.54, 1.807) is 17.2 Å². The topological polar surface area (TPSA) is 112 Å². The molecule has 2 aliphatic rings. The Morgan fingerprint density at radius 2 is 2.03 bits per heavy atom. The Morgan fingerprint density at radius 1 is 1.28 bits per heavy atom. The lowest BCUT2D eigenvalue weighted by molar-refractivity contribution is -0.114. The third-order valence-corrected chi connectivity index (χ3v) is 6.24. The van der Waals surface area contributed by atoms with Gasteiger partial charge in [-0.25, -0.2) is 9.78 Å². The number of carbonyl (C=O) groups excluding carboxylic acids is 1. The first kappa shape index (κ1) is 17.9. The first-order valence-corrected chi connectivity index (χ1v) is 10.3. The number of aromatic nitrogens is 2. The number of carboxylic acid groups (broad SMARTS) is 1. The van der Waals surface area contributed by atoms with E-state index in [2.05, 4.69) is 15.3 Å². The van der Waals surface area contributed by atoms with Gasteiger partial charge in [-0.3, -0.25) is 9.69 Å². The van der Waals surface area contributed by atoms with Crippen molar-refractivity contribution in [1.82, 2.24) is 14.9 Å². The lowest BCUT2D eigenvalue weighted by Crippen LogP contribution is -2.55. The smallest absolute Gasteiger partial charge is 0.407 e. The minimum atomic E-state index is -0.860. The van der Waals surface area contributed by atoms with Gasteiger partial charge in [-0.2, -0.15) is 4.98 Å². The predicted octanol–water partition coefficient (Wildman–Crippen LogP) is 3.24. The largest absolute Gasteiger partial charge is 0.465 e. The number of carbonyl (C=O) groups is 2. The standard InChI is InChI=1S/C19H19N5O4S/c1-10(25)21-11-6-14(17-20-4-5-29-17)16-15(7-11)22-18(28-16)23-8-12-2-3-13(9-23)24(12)19(26)27/h4-7,12-13H,2-3,8-9H2,1H3,(H,21,25)(H,26,27). The predicted molar refractivity (Wildman–Crippen MR) is 108 cm³/mol. The molecule has 0 radical (unpaired) electrons. The molecule has 2 fully saturated rings. The lowest BCUT2D eigenvalue weighted by atomic mass is 10.1. The highest BCUT2D eigenvalue weighted by Crippen LogP contribution is 2.38. The summed E-state index contributed by atoms with van der Waals surface area (Å²) in [7, 11) is 0. The Balaban J connectivity index is 1.54. The van der Waals surface area contributed by atoms with Crippen LogP contribution in [0.25, 0.3) is 21.7 Å². The van der Waals surface area contributed by atoms with Crippen molar-refractivity contribution in [2.75, 3.05) is 23.3 Å².